The van der Waals surface area contributed by atoms with Crippen LogP contribution < -0.4 is 0 Å². The van der Waals surface area contributed by atoms with Crippen molar-refractivity contribution in [2.75, 3.05) is 0 Å². The number of rotatable bonds is 2. The molecule has 3 nitrogen and oxygen atoms in total. The summed E-state index contributed by atoms with van der Waals surface area (Å²) in [7, 11) is 0. The quantitative estimate of drug-likeness (QED) is 0.800. The van der Waals surface area contributed by atoms with Gasteiger partial charge in [-0.1, -0.05) is 30.3 Å². The molecule has 78 valence electrons. The molecule has 15 heavy (non-hydrogen) atoms. The van der Waals surface area contributed by atoms with Crippen LogP contribution in [0.1, 0.15) is 24.8 Å². The van der Waals surface area contributed by atoms with Gasteiger partial charge in [-0.15, -0.1) is 0 Å². The molecule has 1 aliphatic heterocycles. The normalized spacial score (nSPS) is 25.0. The first-order chi connectivity index (χ1) is 7.18. The summed E-state index contributed by atoms with van der Waals surface area (Å²) in [6.45, 7) is 1.89. The monoisotopic (exact) mass is 203 g/mol. The van der Waals surface area contributed by atoms with Gasteiger partial charge in [0.1, 0.15) is 0 Å². The second-order valence-corrected chi connectivity index (χ2v) is 3.87. The molecule has 0 bridgehead atoms. The van der Waals surface area contributed by atoms with Gasteiger partial charge >= 0.3 is 5.97 Å². The number of carbonyl (C=O) groups is 1. The van der Waals surface area contributed by atoms with Gasteiger partial charge in [0.15, 0.2) is 6.04 Å². The van der Waals surface area contributed by atoms with Crippen LogP contribution in [0, 0.1) is 0 Å². The molecule has 0 saturated carbocycles. The molecule has 1 aromatic rings. The highest BCUT2D eigenvalue weighted by Gasteiger charge is 2.33. The minimum Gasteiger partial charge on any atom is -0.480 e. The minimum absolute atomic E-state index is 0.00343. The third-order valence-electron chi connectivity index (χ3n) is 2.74. The molecular formula is C12H13NO2. The fourth-order valence-corrected chi connectivity index (χ4v) is 2.04. The van der Waals surface area contributed by atoms with Crippen molar-refractivity contribution >= 4 is 11.7 Å². The van der Waals surface area contributed by atoms with Crippen LogP contribution in [0.2, 0.25) is 0 Å². The molecule has 0 aliphatic carbocycles. The molecule has 0 fully saturated rings. The lowest BCUT2D eigenvalue weighted by Crippen LogP contribution is -2.22. The van der Waals surface area contributed by atoms with Crippen molar-refractivity contribution in [1.82, 2.24) is 0 Å². The highest BCUT2D eigenvalue weighted by molar-refractivity contribution is 5.90. The summed E-state index contributed by atoms with van der Waals surface area (Å²) in [6, 6.07) is 9.13. The van der Waals surface area contributed by atoms with E-state index in [1.807, 2.05) is 37.3 Å². The molecule has 0 radical (unpaired) electrons. The van der Waals surface area contributed by atoms with Crippen molar-refractivity contribution in [2.24, 2.45) is 4.99 Å². The van der Waals surface area contributed by atoms with Crippen molar-refractivity contribution in [3.8, 4) is 0 Å². The number of nitrogens with zero attached hydrogens (tertiary/aromatic N) is 1. The third-order valence-corrected chi connectivity index (χ3v) is 2.74. The molecule has 3 heteroatoms. The van der Waals surface area contributed by atoms with Gasteiger partial charge in [0, 0.05) is 11.6 Å². The van der Waals surface area contributed by atoms with Crippen LogP contribution in [-0.2, 0) is 4.79 Å². The van der Waals surface area contributed by atoms with Crippen molar-refractivity contribution < 1.29 is 9.90 Å². The van der Waals surface area contributed by atoms with Crippen molar-refractivity contribution in [1.29, 1.82) is 0 Å². The molecular weight excluding hydrogens is 190 g/mol. The van der Waals surface area contributed by atoms with Crippen LogP contribution >= 0.6 is 0 Å². The lowest BCUT2D eigenvalue weighted by Gasteiger charge is -2.14. The van der Waals surface area contributed by atoms with E-state index in [4.69, 9.17) is 5.11 Å². The molecule has 2 rings (SSSR count). The SMILES string of the molecule is CC1=NC(C(=O)O)C(c2ccccc2)C1. The van der Waals surface area contributed by atoms with Gasteiger partial charge in [0.2, 0.25) is 0 Å². The van der Waals surface area contributed by atoms with Crippen LogP contribution in [0.5, 0.6) is 0 Å². The predicted octanol–water partition coefficient (Wildman–Crippen LogP) is 2.09. The Morgan fingerprint density at radius 2 is 2.07 bits per heavy atom. The Balaban J connectivity index is 2.28. The molecule has 1 heterocycles. The molecule has 1 N–H and O–H groups in total. The van der Waals surface area contributed by atoms with E-state index in [1.165, 1.54) is 0 Å². The number of hydrogen-bond donors (Lipinski definition) is 1. The first-order valence-corrected chi connectivity index (χ1v) is 4.99. The van der Waals surface area contributed by atoms with Gasteiger partial charge in [0.05, 0.1) is 0 Å². The Morgan fingerprint density at radius 3 is 2.67 bits per heavy atom. The van der Waals surface area contributed by atoms with Crippen LogP contribution in [0.25, 0.3) is 0 Å². The Morgan fingerprint density at radius 1 is 1.40 bits per heavy atom. The van der Waals surface area contributed by atoms with E-state index < -0.39 is 12.0 Å². The van der Waals surface area contributed by atoms with Gasteiger partial charge in [0.25, 0.3) is 0 Å². The van der Waals surface area contributed by atoms with Gasteiger partial charge in [-0.25, -0.2) is 4.79 Å². The van der Waals surface area contributed by atoms with Crippen molar-refractivity contribution in [2.45, 2.75) is 25.3 Å². The molecule has 0 saturated heterocycles. The van der Waals surface area contributed by atoms with E-state index in [1.54, 1.807) is 0 Å². The fraction of sp³-hybridized carbons (Fsp3) is 0.333. The number of carboxylic acid groups (broad SMARTS) is 1. The van der Waals surface area contributed by atoms with Crippen LogP contribution in [0.4, 0.5) is 0 Å². The highest BCUT2D eigenvalue weighted by atomic mass is 16.4. The van der Waals surface area contributed by atoms with E-state index in [-0.39, 0.29) is 5.92 Å². The first-order valence-electron chi connectivity index (χ1n) is 4.99. The smallest absolute Gasteiger partial charge is 0.329 e. The maximum Gasteiger partial charge on any atom is 0.329 e. The summed E-state index contributed by atoms with van der Waals surface area (Å²) in [5.41, 5.74) is 1.99. The standard InChI is InChI=1S/C12H13NO2/c1-8-7-10(11(13-8)12(14)15)9-5-3-2-4-6-9/h2-6,10-11H,7H2,1H3,(H,14,15). The van der Waals surface area contributed by atoms with Crippen molar-refractivity contribution in [3.05, 3.63) is 35.9 Å². The minimum atomic E-state index is -0.833. The third kappa shape index (κ3) is 1.91. The molecule has 1 aromatic carbocycles. The molecule has 0 amide bonds. The lowest BCUT2D eigenvalue weighted by atomic mass is 9.90. The summed E-state index contributed by atoms with van der Waals surface area (Å²) in [5.74, 6) is -0.829. The zero-order chi connectivity index (χ0) is 10.8. The molecule has 1 aliphatic rings. The lowest BCUT2D eigenvalue weighted by molar-refractivity contribution is -0.138. The summed E-state index contributed by atoms with van der Waals surface area (Å²) in [6.07, 6.45) is 0.751. The molecule has 2 atom stereocenters. The van der Waals surface area contributed by atoms with Gasteiger partial charge in [-0.2, -0.15) is 0 Å². The van der Waals surface area contributed by atoms with E-state index >= 15 is 0 Å². The fourth-order valence-electron chi connectivity index (χ4n) is 2.04. The maximum atomic E-state index is 11.0. The Kier molecular flexibility index (Phi) is 2.54. The molecule has 0 aromatic heterocycles. The zero-order valence-electron chi connectivity index (χ0n) is 8.55. The summed E-state index contributed by atoms with van der Waals surface area (Å²) in [4.78, 5) is 15.2. The number of aliphatic carboxylic acids is 1. The molecule has 2 unspecified atom stereocenters. The number of aliphatic imine (C=N–C) groups is 1. The predicted molar refractivity (Wildman–Crippen MR) is 58.3 cm³/mol. The van der Waals surface area contributed by atoms with Crippen LogP contribution in [-0.4, -0.2) is 22.8 Å². The Bertz CT molecular complexity index is 397. The average Bonchev–Trinajstić information content (AvgIpc) is 2.62. The van der Waals surface area contributed by atoms with E-state index in [9.17, 15) is 4.79 Å². The summed E-state index contributed by atoms with van der Waals surface area (Å²) < 4.78 is 0. The second kappa shape index (κ2) is 3.85. The number of benzene rings is 1. The Hall–Kier alpha value is -1.64. The van der Waals surface area contributed by atoms with Crippen LogP contribution in [0.3, 0.4) is 0 Å². The number of carboxylic acids is 1. The average molecular weight is 203 g/mol. The topological polar surface area (TPSA) is 49.7 Å². The largest absolute Gasteiger partial charge is 0.480 e. The zero-order valence-corrected chi connectivity index (χ0v) is 8.55. The highest BCUT2D eigenvalue weighted by Crippen LogP contribution is 2.31. The first kappa shape index (κ1) is 9.90. The van der Waals surface area contributed by atoms with E-state index in [0.29, 0.717) is 0 Å². The van der Waals surface area contributed by atoms with Gasteiger partial charge in [-0.3, -0.25) is 4.99 Å². The second-order valence-electron chi connectivity index (χ2n) is 3.87. The summed E-state index contributed by atoms with van der Waals surface area (Å²) >= 11 is 0. The maximum absolute atomic E-state index is 11.0. The van der Waals surface area contributed by atoms with E-state index in [2.05, 4.69) is 4.99 Å². The molecule has 0 spiro atoms. The summed E-state index contributed by atoms with van der Waals surface area (Å²) in [5, 5.41) is 9.06. The van der Waals surface area contributed by atoms with Gasteiger partial charge < -0.3 is 5.11 Å². The number of hydrogen-bond acceptors (Lipinski definition) is 2. The Labute approximate surface area is 88.5 Å². The van der Waals surface area contributed by atoms with Crippen molar-refractivity contribution in [3.63, 3.8) is 0 Å². The van der Waals surface area contributed by atoms with E-state index in [0.717, 1.165) is 17.7 Å². The van der Waals surface area contributed by atoms with Crippen LogP contribution in [0.15, 0.2) is 35.3 Å². The van der Waals surface area contributed by atoms with Gasteiger partial charge in [-0.05, 0) is 18.9 Å².